The number of carbonyl (C=O) groups excluding carboxylic acids is 1. The molecule has 31 heavy (non-hydrogen) atoms. The largest absolute Gasteiger partial charge is 0.338 e. The zero-order valence-electron chi connectivity index (χ0n) is 17.7. The number of hydrogen-bond acceptors (Lipinski definition) is 3. The molecule has 2 fully saturated rings. The molecule has 7 heteroatoms. The maximum Gasteiger partial charge on any atom is 0.326 e. The van der Waals surface area contributed by atoms with Crippen molar-refractivity contribution in [2.24, 2.45) is 0 Å². The van der Waals surface area contributed by atoms with Gasteiger partial charge in [0, 0.05) is 44.8 Å². The van der Waals surface area contributed by atoms with E-state index in [-0.39, 0.29) is 17.8 Å². The van der Waals surface area contributed by atoms with Crippen molar-refractivity contribution in [3.8, 4) is 0 Å². The molecule has 2 aliphatic rings. The minimum atomic E-state index is -0.0124. The van der Waals surface area contributed by atoms with Gasteiger partial charge in [0.2, 0.25) is 0 Å². The minimum Gasteiger partial charge on any atom is -0.338 e. The Balaban J connectivity index is 1.08. The zero-order valence-corrected chi connectivity index (χ0v) is 17.7. The maximum atomic E-state index is 12.5. The molecule has 2 saturated heterocycles. The van der Waals surface area contributed by atoms with Crippen LogP contribution in [0.4, 0.5) is 4.79 Å². The number of hydrogen-bond donors (Lipinski definition) is 2. The number of imidazole rings is 1. The Morgan fingerprint density at radius 1 is 0.968 bits per heavy atom. The number of para-hydroxylation sites is 2. The van der Waals surface area contributed by atoms with Gasteiger partial charge in [0.15, 0.2) is 0 Å². The minimum absolute atomic E-state index is 0.0124. The first-order valence-electron chi connectivity index (χ1n) is 11.2. The van der Waals surface area contributed by atoms with Crippen molar-refractivity contribution in [1.29, 1.82) is 0 Å². The van der Waals surface area contributed by atoms with E-state index in [4.69, 9.17) is 0 Å². The number of amides is 2. The Hall–Kier alpha value is -3.06. The molecule has 7 nitrogen and oxygen atoms in total. The molecule has 2 aliphatic heterocycles. The second-order valence-electron chi connectivity index (χ2n) is 8.61. The summed E-state index contributed by atoms with van der Waals surface area (Å²) in [6.45, 7) is 4.16. The molecule has 2 aromatic carbocycles. The second kappa shape index (κ2) is 8.59. The van der Waals surface area contributed by atoms with Crippen LogP contribution in [0.1, 0.15) is 24.4 Å². The summed E-state index contributed by atoms with van der Waals surface area (Å²) in [6, 6.07) is 18.8. The molecule has 0 saturated carbocycles. The lowest BCUT2D eigenvalue weighted by atomic mass is 9.99. The summed E-state index contributed by atoms with van der Waals surface area (Å²) in [5.74, 6) is 0. The van der Waals surface area contributed by atoms with Gasteiger partial charge < -0.3 is 15.2 Å². The third-order valence-corrected chi connectivity index (χ3v) is 6.69. The van der Waals surface area contributed by atoms with Crippen LogP contribution in [0.25, 0.3) is 11.0 Å². The average molecular weight is 420 g/mol. The summed E-state index contributed by atoms with van der Waals surface area (Å²) in [4.78, 5) is 32.2. The first kappa shape index (κ1) is 19.9. The lowest BCUT2D eigenvalue weighted by Gasteiger charge is -2.47. The fourth-order valence-electron chi connectivity index (χ4n) is 4.87. The molecule has 3 aromatic rings. The highest BCUT2D eigenvalue weighted by molar-refractivity contribution is 5.75. The SMILES string of the molecule is O=C(NCCc1ccccc1)N1CC(N2CCC(n3c(=O)[nH]c4ccccc43)CC2)C1. The predicted molar refractivity (Wildman–Crippen MR) is 121 cm³/mol. The lowest BCUT2D eigenvalue weighted by molar-refractivity contribution is 0.0361. The molecule has 0 radical (unpaired) electrons. The molecule has 2 N–H and O–H groups in total. The molecular weight excluding hydrogens is 390 g/mol. The zero-order chi connectivity index (χ0) is 21.2. The number of rotatable bonds is 5. The monoisotopic (exact) mass is 419 g/mol. The molecule has 2 amide bonds. The van der Waals surface area contributed by atoms with Gasteiger partial charge in [-0.15, -0.1) is 0 Å². The molecule has 1 aromatic heterocycles. The second-order valence-corrected chi connectivity index (χ2v) is 8.61. The van der Waals surface area contributed by atoms with Gasteiger partial charge in [-0.1, -0.05) is 42.5 Å². The van der Waals surface area contributed by atoms with E-state index in [0.717, 1.165) is 56.5 Å². The Morgan fingerprint density at radius 3 is 2.45 bits per heavy atom. The number of piperidine rings is 1. The van der Waals surface area contributed by atoms with Gasteiger partial charge in [-0.2, -0.15) is 0 Å². The number of fused-ring (bicyclic) bond motifs is 1. The highest BCUT2D eigenvalue weighted by atomic mass is 16.2. The van der Waals surface area contributed by atoms with E-state index < -0.39 is 0 Å². The van der Waals surface area contributed by atoms with Crippen molar-refractivity contribution in [3.63, 3.8) is 0 Å². The van der Waals surface area contributed by atoms with Crippen LogP contribution in [0.15, 0.2) is 59.4 Å². The third kappa shape index (κ3) is 4.10. The van der Waals surface area contributed by atoms with E-state index in [1.54, 1.807) is 0 Å². The third-order valence-electron chi connectivity index (χ3n) is 6.69. The molecule has 162 valence electrons. The Morgan fingerprint density at radius 2 is 1.68 bits per heavy atom. The quantitative estimate of drug-likeness (QED) is 0.668. The van der Waals surface area contributed by atoms with Gasteiger partial charge in [0.1, 0.15) is 0 Å². The molecular formula is C24H29N5O2. The summed E-state index contributed by atoms with van der Waals surface area (Å²) in [7, 11) is 0. The summed E-state index contributed by atoms with van der Waals surface area (Å²) >= 11 is 0. The number of aromatic nitrogens is 2. The molecule has 5 rings (SSSR count). The molecule has 0 unspecified atom stereocenters. The van der Waals surface area contributed by atoms with Gasteiger partial charge in [-0.3, -0.25) is 9.47 Å². The summed E-state index contributed by atoms with van der Waals surface area (Å²) in [5, 5.41) is 3.03. The number of nitrogens with zero attached hydrogens (tertiary/aromatic N) is 3. The number of likely N-dealkylation sites (tertiary alicyclic amines) is 2. The van der Waals surface area contributed by atoms with Crippen LogP contribution in [0, 0.1) is 0 Å². The van der Waals surface area contributed by atoms with Gasteiger partial charge in [0.05, 0.1) is 11.0 Å². The number of urea groups is 1. The first-order chi connectivity index (χ1) is 15.2. The number of carbonyl (C=O) groups is 1. The Kier molecular flexibility index (Phi) is 5.51. The number of aromatic amines is 1. The summed E-state index contributed by atoms with van der Waals surface area (Å²) < 4.78 is 1.93. The van der Waals surface area contributed by atoms with E-state index in [1.807, 2.05) is 51.9 Å². The van der Waals surface area contributed by atoms with Crippen LogP contribution in [-0.4, -0.2) is 64.1 Å². The van der Waals surface area contributed by atoms with Crippen LogP contribution in [0.2, 0.25) is 0 Å². The molecule has 0 aliphatic carbocycles. The maximum absolute atomic E-state index is 12.5. The standard InChI is InChI=1S/C24H29N5O2/c30-23(25-13-10-18-6-2-1-3-7-18)28-16-20(17-28)27-14-11-19(12-15-27)29-22-9-5-4-8-21(22)26-24(29)31/h1-9,19-20H,10-17H2,(H,25,30)(H,26,31). The fraction of sp³-hybridized carbons (Fsp3) is 0.417. The molecule has 3 heterocycles. The van der Waals surface area contributed by atoms with Crippen LogP contribution < -0.4 is 11.0 Å². The number of H-pyrrole nitrogens is 1. The molecule has 0 bridgehead atoms. The Labute approximate surface area is 181 Å². The summed E-state index contributed by atoms with van der Waals surface area (Å²) in [6.07, 6.45) is 2.77. The van der Waals surface area contributed by atoms with Crippen LogP contribution in [0.3, 0.4) is 0 Å². The van der Waals surface area contributed by atoms with Crippen molar-refractivity contribution in [3.05, 3.63) is 70.6 Å². The van der Waals surface area contributed by atoms with E-state index in [0.29, 0.717) is 12.6 Å². The number of nitrogens with one attached hydrogen (secondary N) is 2. The fourth-order valence-corrected chi connectivity index (χ4v) is 4.87. The van der Waals surface area contributed by atoms with Crippen molar-refractivity contribution < 1.29 is 4.79 Å². The predicted octanol–water partition coefficient (Wildman–Crippen LogP) is 2.60. The van der Waals surface area contributed by atoms with Crippen molar-refractivity contribution >= 4 is 17.1 Å². The van der Waals surface area contributed by atoms with E-state index in [2.05, 4.69) is 27.3 Å². The van der Waals surface area contributed by atoms with Gasteiger partial charge in [0.25, 0.3) is 0 Å². The highest BCUT2D eigenvalue weighted by Crippen LogP contribution is 2.27. The van der Waals surface area contributed by atoms with Gasteiger partial charge in [-0.05, 0) is 37.0 Å². The van der Waals surface area contributed by atoms with Crippen LogP contribution >= 0.6 is 0 Å². The van der Waals surface area contributed by atoms with Crippen LogP contribution in [0.5, 0.6) is 0 Å². The van der Waals surface area contributed by atoms with Crippen molar-refractivity contribution in [1.82, 2.24) is 24.7 Å². The molecule has 0 spiro atoms. The number of benzene rings is 2. The van der Waals surface area contributed by atoms with Crippen LogP contribution in [-0.2, 0) is 6.42 Å². The topological polar surface area (TPSA) is 73.4 Å². The molecule has 0 atom stereocenters. The highest BCUT2D eigenvalue weighted by Gasteiger charge is 2.36. The summed E-state index contributed by atoms with van der Waals surface area (Å²) in [5.41, 5.74) is 3.12. The van der Waals surface area contributed by atoms with E-state index in [1.165, 1.54) is 5.56 Å². The Bertz CT molecular complexity index is 1090. The van der Waals surface area contributed by atoms with Gasteiger partial charge >= 0.3 is 11.7 Å². The van der Waals surface area contributed by atoms with Gasteiger partial charge in [-0.25, -0.2) is 9.59 Å². The van der Waals surface area contributed by atoms with Crippen molar-refractivity contribution in [2.75, 3.05) is 32.7 Å². The lowest BCUT2D eigenvalue weighted by Crippen LogP contribution is -2.64. The van der Waals surface area contributed by atoms with E-state index >= 15 is 0 Å². The first-order valence-corrected chi connectivity index (χ1v) is 11.2. The smallest absolute Gasteiger partial charge is 0.326 e. The van der Waals surface area contributed by atoms with Crippen molar-refractivity contribution in [2.45, 2.75) is 31.3 Å². The average Bonchev–Trinajstić information content (AvgIpc) is 3.10. The normalized spacial score (nSPS) is 18.3. The van der Waals surface area contributed by atoms with E-state index in [9.17, 15) is 9.59 Å².